The van der Waals surface area contributed by atoms with Crippen LogP contribution in [0.2, 0.25) is 0 Å². The number of carbonyl (C=O) groups excluding carboxylic acids is 2. The molecule has 1 unspecified atom stereocenters. The number of halogens is 1. The van der Waals surface area contributed by atoms with E-state index in [2.05, 4.69) is 22.9 Å². The van der Waals surface area contributed by atoms with E-state index in [4.69, 9.17) is 9.47 Å². The molecule has 5 heteroatoms. The second kappa shape index (κ2) is 14.0. The van der Waals surface area contributed by atoms with Gasteiger partial charge in [0.1, 0.15) is 6.10 Å². The Morgan fingerprint density at radius 1 is 0.839 bits per heavy atom. The van der Waals surface area contributed by atoms with Gasteiger partial charge in [-0.1, -0.05) is 92.1 Å². The van der Waals surface area contributed by atoms with Gasteiger partial charge in [-0.2, -0.15) is 0 Å². The van der Waals surface area contributed by atoms with Gasteiger partial charge in [0.05, 0.1) is 17.7 Å². The molecule has 0 heterocycles. The van der Waals surface area contributed by atoms with Crippen LogP contribution in [0.25, 0.3) is 0 Å². The van der Waals surface area contributed by atoms with Gasteiger partial charge in [0, 0.05) is 4.47 Å². The molecule has 0 spiro atoms. The predicted octanol–water partition coefficient (Wildman–Crippen LogP) is 7.66. The van der Waals surface area contributed by atoms with E-state index in [1.807, 2.05) is 31.2 Å². The largest absolute Gasteiger partial charge is 0.462 e. The lowest BCUT2D eigenvalue weighted by Crippen LogP contribution is -2.16. The van der Waals surface area contributed by atoms with E-state index in [9.17, 15) is 9.59 Å². The van der Waals surface area contributed by atoms with Gasteiger partial charge in [-0.3, -0.25) is 0 Å². The Balaban J connectivity index is 1.83. The summed E-state index contributed by atoms with van der Waals surface area (Å²) in [6.45, 7) is 4.39. The molecule has 0 aromatic heterocycles. The second-order valence-corrected chi connectivity index (χ2v) is 8.67. The molecule has 0 N–H and O–H groups in total. The van der Waals surface area contributed by atoms with Crippen molar-refractivity contribution >= 4 is 27.9 Å². The first kappa shape index (κ1) is 25.1. The molecular formula is C26H33BrO4. The van der Waals surface area contributed by atoms with Crippen LogP contribution >= 0.6 is 15.9 Å². The first-order chi connectivity index (χ1) is 15.0. The molecule has 2 aromatic rings. The van der Waals surface area contributed by atoms with E-state index in [-0.39, 0.29) is 11.1 Å². The van der Waals surface area contributed by atoms with Crippen LogP contribution in [0, 0.1) is 0 Å². The second-order valence-electron chi connectivity index (χ2n) is 7.76. The van der Waals surface area contributed by atoms with Crippen molar-refractivity contribution in [2.24, 2.45) is 0 Å². The van der Waals surface area contributed by atoms with Gasteiger partial charge in [0.15, 0.2) is 0 Å². The lowest BCUT2D eigenvalue weighted by molar-refractivity contribution is 0.0324. The van der Waals surface area contributed by atoms with Crippen LogP contribution in [0.3, 0.4) is 0 Å². The Kier molecular flexibility index (Phi) is 11.4. The highest BCUT2D eigenvalue weighted by Crippen LogP contribution is 2.23. The predicted molar refractivity (Wildman–Crippen MR) is 127 cm³/mol. The fraction of sp³-hybridized carbons (Fsp3) is 0.462. The molecule has 0 aliphatic heterocycles. The fourth-order valence-electron chi connectivity index (χ4n) is 3.37. The van der Waals surface area contributed by atoms with Crippen molar-refractivity contribution in [1.29, 1.82) is 0 Å². The van der Waals surface area contributed by atoms with Crippen molar-refractivity contribution in [3.8, 4) is 0 Å². The number of hydrogen-bond donors (Lipinski definition) is 0. The van der Waals surface area contributed by atoms with Crippen LogP contribution in [0.4, 0.5) is 0 Å². The normalized spacial score (nSPS) is 11.7. The van der Waals surface area contributed by atoms with Gasteiger partial charge in [-0.25, -0.2) is 9.59 Å². The number of benzene rings is 2. The smallest absolute Gasteiger partial charge is 0.339 e. The summed E-state index contributed by atoms with van der Waals surface area (Å²) in [7, 11) is 0. The number of hydrogen-bond acceptors (Lipinski definition) is 4. The highest BCUT2D eigenvalue weighted by Gasteiger charge is 2.21. The van der Waals surface area contributed by atoms with Gasteiger partial charge in [0.2, 0.25) is 0 Å². The number of rotatable bonds is 13. The molecule has 168 valence electrons. The minimum Gasteiger partial charge on any atom is -0.462 e. The summed E-state index contributed by atoms with van der Waals surface area (Å²) in [6.07, 6.45) is 9.00. The number of carbonyl (C=O) groups is 2. The number of unbranched alkanes of at least 4 members (excludes halogenated alkanes) is 7. The zero-order valence-corrected chi connectivity index (χ0v) is 20.2. The lowest BCUT2D eigenvalue weighted by atomic mass is 10.1. The molecule has 0 saturated carbocycles. The van der Waals surface area contributed by atoms with E-state index in [1.54, 1.807) is 24.3 Å². The average molecular weight is 489 g/mol. The van der Waals surface area contributed by atoms with Crippen LogP contribution in [0.5, 0.6) is 0 Å². The number of ether oxygens (including phenoxy) is 2. The molecule has 0 fully saturated rings. The zero-order valence-electron chi connectivity index (χ0n) is 18.6. The third-order valence-electron chi connectivity index (χ3n) is 5.20. The van der Waals surface area contributed by atoms with Crippen molar-refractivity contribution < 1.29 is 19.1 Å². The minimum absolute atomic E-state index is 0.227. The first-order valence-electron chi connectivity index (χ1n) is 11.3. The van der Waals surface area contributed by atoms with Gasteiger partial charge in [-0.15, -0.1) is 0 Å². The standard InChI is InChI=1S/C26H33BrO4/c1-3-4-5-6-7-8-9-12-18-30-25(28)23-16-10-11-17-24(23)26(29)31-20(2)21-14-13-15-22(27)19-21/h10-11,13-17,19-20H,3-9,12,18H2,1-2H3. The summed E-state index contributed by atoms with van der Waals surface area (Å²) in [5, 5.41) is 0. The Morgan fingerprint density at radius 3 is 2.10 bits per heavy atom. The molecule has 0 bridgehead atoms. The SMILES string of the molecule is CCCCCCCCCCOC(=O)c1ccccc1C(=O)OC(C)c1cccc(Br)c1. The molecule has 2 rings (SSSR count). The summed E-state index contributed by atoms with van der Waals surface area (Å²) in [5.41, 5.74) is 1.34. The fourth-order valence-corrected chi connectivity index (χ4v) is 3.79. The quantitative estimate of drug-likeness (QED) is 0.214. The summed E-state index contributed by atoms with van der Waals surface area (Å²) in [4.78, 5) is 25.3. The topological polar surface area (TPSA) is 52.6 Å². The maximum atomic E-state index is 12.7. The van der Waals surface area contributed by atoms with Crippen molar-refractivity contribution in [3.63, 3.8) is 0 Å². The summed E-state index contributed by atoms with van der Waals surface area (Å²) in [6, 6.07) is 14.3. The van der Waals surface area contributed by atoms with Gasteiger partial charge in [0.25, 0.3) is 0 Å². The Labute approximate surface area is 194 Å². The summed E-state index contributed by atoms with van der Waals surface area (Å²) in [5.74, 6) is -1.02. The molecule has 4 nitrogen and oxygen atoms in total. The molecule has 31 heavy (non-hydrogen) atoms. The molecule has 0 aliphatic rings. The van der Waals surface area contributed by atoms with Gasteiger partial charge in [-0.05, 0) is 43.2 Å². The third kappa shape index (κ3) is 8.86. The van der Waals surface area contributed by atoms with E-state index >= 15 is 0 Å². The van der Waals surface area contributed by atoms with Gasteiger partial charge >= 0.3 is 11.9 Å². The minimum atomic E-state index is -0.535. The molecule has 0 amide bonds. The first-order valence-corrected chi connectivity index (χ1v) is 12.0. The summed E-state index contributed by atoms with van der Waals surface area (Å²) >= 11 is 3.42. The van der Waals surface area contributed by atoms with Crippen LogP contribution in [-0.4, -0.2) is 18.5 Å². The average Bonchev–Trinajstić information content (AvgIpc) is 2.77. The van der Waals surface area contributed by atoms with E-state index < -0.39 is 18.0 Å². The molecular weight excluding hydrogens is 456 g/mol. The Bertz CT molecular complexity index is 834. The monoisotopic (exact) mass is 488 g/mol. The molecule has 0 saturated heterocycles. The van der Waals surface area contributed by atoms with Crippen molar-refractivity contribution in [3.05, 3.63) is 69.7 Å². The molecule has 2 aromatic carbocycles. The van der Waals surface area contributed by atoms with E-state index in [0.29, 0.717) is 6.61 Å². The molecule has 1 atom stereocenters. The Morgan fingerprint density at radius 2 is 1.45 bits per heavy atom. The maximum absolute atomic E-state index is 12.7. The van der Waals surface area contributed by atoms with Crippen molar-refractivity contribution in [2.45, 2.75) is 71.3 Å². The molecule has 0 radical (unpaired) electrons. The third-order valence-corrected chi connectivity index (χ3v) is 5.69. The van der Waals surface area contributed by atoms with E-state index in [0.717, 1.165) is 29.3 Å². The van der Waals surface area contributed by atoms with Gasteiger partial charge < -0.3 is 9.47 Å². The van der Waals surface area contributed by atoms with E-state index in [1.165, 1.54) is 32.1 Å². The van der Waals surface area contributed by atoms with Crippen LogP contribution in [0.15, 0.2) is 53.0 Å². The van der Waals surface area contributed by atoms with Crippen LogP contribution < -0.4 is 0 Å². The van der Waals surface area contributed by atoms with Crippen molar-refractivity contribution in [1.82, 2.24) is 0 Å². The zero-order chi connectivity index (χ0) is 22.5. The maximum Gasteiger partial charge on any atom is 0.339 e. The Hall–Kier alpha value is -2.14. The molecule has 0 aliphatic carbocycles. The number of esters is 2. The summed E-state index contributed by atoms with van der Waals surface area (Å²) < 4.78 is 11.9. The van der Waals surface area contributed by atoms with Crippen LogP contribution in [-0.2, 0) is 9.47 Å². The lowest BCUT2D eigenvalue weighted by Gasteiger charge is -2.15. The highest BCUT2D eigenvalue weighted by molar-refractivity contribution is 9.10. The van der Waals surface area contributed by atoms with Crippen LogP contribution in [0.1, 0.15) is 97.6 Å². The highest BCUT2D eigenvalue weighted by atomic mass is 79.9. The van der Waals surface area contributed by atoms with Crippen molar-refractivity contribution in [2.75, 3.05) is 6.61 Å².